The molecule has 2 rings (SSSR count). The van der Waals surface area contributed by atoms with E-state index in [2.05, 4.69) is 36.5 Å². The first-order valence-electron chi connectivity index (χ1n) is 6.92. The predicted molar refractivity (Wildman–Crippen MR) is 91.4 cm³/mol. The van der Waals surface area contributed by atoms with E-state index in [1.54, 1.807) is 6.07 Å². The van der Waals surface area contributed by atoms with Crippen LogP contribution in [0.2, 0.25) is 0 Å². The number of benzene rings is 1. The third-order valence-electron chi connectivity index (χ3n) is 2.78. The smallest absolute Gasteiger partial charge is 0.270 e. The summed E-state index contributed by atoms with van der Waals surface area (Å²) in [4.78, 5) is 20.3. The Hall–Kier alpha value is -1.95. The van der Waals surface area contributed by atoms with E-state index in [0.29, 0.717) is 11.5 Å². The summed E-state index contributed by atoms with van der Waals surface area (Å²) >= 11 is 3.51. The minimum absolute atomic E-state index is 0.221. The van der Waals surface area contributed by atoms with Crippen LogP contribution in [-0.4, -0.2) is 21.4 Å². The predicted octanol–water partition coefficient (Wildman–Crippen LogP) is 3.82. The van der Waals surface area contributed by atoms with Gasteiger partial charge < -0.3 is 10.6 Å². The van der Waals surface area contributed by atoms with Gasteiger partial charge in [-0.1, -0.05) is 6.07 Å². The maximum Gasteiger partial charge on any atom is 0.270 e. The van der Waals surface area contributed by atoms with Gasteiger partial charge in [-0.05, 0) is 61.3 Å². The molecule has 0 saturated heterocycles. The molecule has 0 radical (unpaired) electrons. The second-order valence-electron chi connectivity index (χ2n) is 6.10. The second-order valence-corrected chi connectivity index (χ2v) is 6.96. The molecule has 0 aliphatic rings. The lowest BCUT2D eigenvalue weighted by atomic mass is 10.1. The lowest BCUT2D eigenvalue weighted by Gasteiger charge is -2.20. The van der Waals surface area contributed by atoms with E-state index < -0.39 is 0 Å². The van der Waals surface area contributed by atoms with Gasteiger partial charge in [0.05, 0.1) is 5.69 Å². The number of nitrogens with zero attached hydrogens (tertiary/aromatic N) is 2. The fourth-order valence-corrected chi connectivity index (χ4v) is 2.41. The SMILES string of the molecule is Cc1ccc(Nc2cc(C(=O)NC(C)(C)C)ncn2)c(Br)c1. The molecule has 1 heterocycles. The molecular formula is C16H19BrN4O. The summed E-state index contributed by atoms with van der Waals surface area (Å²) in [6.45, 7) is 7.80. The summed E-state index contributed by atoms with van der Waals surface area (Å²) in [7, 11) is 0. The minimum atomic E-state index is -0.310. The van der Waals surface area contributed by atoms with Gasteiger partial charge in [0, 0.05) is 16.1 Å². The maximum atomic E-state index is 12.1. The highest BCUT2D eigenvalue weighted by molar-refractivity contribution is 9.10. The van der Waals surface area contributed by atoms with Gasteiger partial charge in [0.2, 0.25) is 0 Å². The van der Waals surface area contributed by atoms with E-state index in [0.717, 1.165) is 15.7 Å². The summed E-state index contributed by atoms with van der Waals surface area (Å²) in [6.07, 6.45) is 1.38. The zero-order chi connectivity index (χ0) is 16.3. The summed E-state index contributed by atoms with van der Waals surface area (Å²) < 4.78 is 0.937. The minimum Gasteiger partial charge on any atom is -0.346 e. The van der Waals surface area contributed by atoms with Gasteiger partial charge in [-0.25, -0.2) is 9.97 Å². The number of hydrogen-bond donors (Lipinski definition) is 2. The second kappa shape index (κ2) is 6.44. The largest absolute Gasteiger partial charge is 0.346 e. The standard InChI is InChI=1S/C16H19BrN4O/c1-10-5-6-12(11(17)7-10)20-14-8-13(18-9-19-14)15(22)21-16(2,3)4/h5-9H,1-4H3,(H,21,22)(H,18,19,20). The zero-order valence-corrected chi connectivity index (χ0v) is 14.7. The maximum absolute atomic E-state index is 12.1. The average Bonchev–Trinajstić information content (AvgIpc) is 2.40. The molecule has 0 fully saturated rings. The number of anilines is 2. The van der Waals surface area contributed by atoms with Crippen LogP contribution in [0.25, 0.3) is 0 Å². The highest BCUT2D eigenvalue weighted by atomic mass is 79.9. The molecule has 2 aromatic rings. The third kappa shape index (κ3) is 4.53. The van der Waals surface area contributed by atoms with E-state index in [-0.39, 0.29) is 11.4 Å². The van der Waals surface area contributed by atoms with Crippen molar-refractivity contribution in [2.75, 3.05) is 5.32 Å². The summed E-state index contributed by atoms with van der Waals surface area (Å²) in [5.74, 6) is 0.347. The fraction of sp³-hybridized carbons (Fsp3) is 0.312. The molecule has 0 aliphatic carbocycles. The van der Waals surface area contributed by atoms with Crippen LogP contribution in [0.4, 0.5) is 11.5 Å². The molecule has 0 unspecified atom stereocenters. The Morgan fingerprint density at radius 1 is 1.18 bits per heavy atom. The van der Waals surface area contributed by atoms with Crippen LogP contribution in [0.3, 0.4) is 0 Å². The van der Waals surface area contributed by atoms with Crippen LogP contribution in [-0.2, 0) is 0 Å². The molecular weight excluding hydrogens is 344 g/mol. The Morgan fingerprint density at radius 2 is 1.91 bits per heavy atom. The fourth-order valence-electron chi connectivity index (χ4n) is 1.81. The third-order valence-corrected chi connectivity index (χ3v) is 3.43. The number of hydrogen-bond acceptors (Lipinski definition) is 4. The Bertz CT molecular complexity index is 695. The van der Waals surface area contributed by atoms with Gasteiger partial charge >= 0.3 is 0 Å². The molecule has 1 aromatic heterocycles. The molecule has 0 bridgehead atoms. The van der Waals surface area contributed by atoms with Crippen molar-refractivity contribution in [2.45, 2.75) is 33.2 Å². The van der Waals surface area contributed by atoms with Crippen molar-refractivity contribution in [3.63, 3.8) is 0 Å². The highest BCUT2D eigenvalue weighted by Gasteiger charge is 2.16. The molecule has 2 N–H and O–H groups in total. The number of halogens is 1. The summed E-state index contributed by atoms with van der Waals surface area (Å²) in [6, 6.07) is 7.60. The van der Waals surface area contributed by atoms with E-state index in [9.17, 15) is 4.79 Å². The van der Waals surface area contributed by atoms with Crippen molar-refractivity contribution in [2.24, 2.45) is 0 Å². The van der Waals surface area contributed by atoms with E-state index in [1.165, 1.54) is 6.33 Å². The Morgan fingerprint density at radius 3 is 2.55 bits per heavy atom. The number of nitrogens with one attached hydrogen (secondary N) is 2. The Balaban J connectivity index is 2.20. The summed E-state index contributed by atoms with van der Waals surface area (Å²) in [5.41, 5.74) is 2.06. The molecule has 6 heteroatoms. The Kier molecular flexibility index (Phi) is 4.81. The number of rotatable bonds is 3. The van der Waals surface area contributed by atoms with Gasteiger partial charge in [-0.3, -0.25) is 4.79 Å². The Labute approximate surface area is 138 Å². The van der Waals surface area contributed by atoms with E-state index in [1.807, 2.05) is 45.9 Å². The van der Waals surface area contributed by atoms with Crippen molar-refractivity contribution in [3.8, 4) is 0 Å². The molecule has 5 nitrogen and oxygen atoms in total. The van der Waals surface area contributed by atoms with Crippen molar-refractivity contribution < 1.29 is 4.79 Å². The van der Waals surface area contributed by atoms with Crippen LogP contribution in [0.15, 0.2) is 35.1 Å². The van der Waals surface area contributed by atoms with Gasteiger partial charge in [-0.15, -0.1) is 0 Å². The van der Waals surface area contributed by atoms with Gasteiger partial charge in [0.15, 0.2) is 0 Å². The van der Waals surface area contributed by atoms with Crippen molar-refractivity contribution in [1.82, 2.24) is 15.3 Å². The zero-order valence-electron chi connectivity index (χ0n) is 13.1. The monoisotopic (exact) mass is 362 g/mol. The first-order valence-corrected chi connectivity index (χ1v) is 7.72. The van der Waals surface area contributed by atoms with E-state index in [4.69, 9.17) is 0 Å². The van der Waals surface area contributed by atoms with Gasteiger partial charge in [-0.2, -0.15) is 0 Å². The van der Waals surface area contributed by atoms with Crippen LogP contribution >= 0.6 is 15.9 Å². The van der Waals surface area contributed by atoms with Gasteiger partial charge in [0.25, 0.3) is 5.91 Å². The number of aromatic nitrogens is 2. The first kappa shape index (κ1) is 16.4. The molecule has 0 spiro atoms. The lowest BCUT2D eigenvalue weighted by molar-refractivity contribution is 0.0914. The average molecular weight is 363 g/mol. The first-order chi connectivity index (χ1) is 10.2. The van der Waals surface area contributed by atoms with Gasteiger partial charge in [0.1, 0.15) is 17.8 Å². The van der Waals surface area contributed by atoms with Crippen molar-refractivity contribution in [1.29, 1.82) is 0 Å². The number of carbonyl (C=O) groups is 1. The topological polar surface area (TPSA) is 66.9 Å². The molecule has 116 valence electrons. The van der Waals surface area contributed by atoms with E-state index >= 15 is 0 Å². The molecule has 1 aromatic carbocycles. The van der Waals surface area contributed by atoms with Crippen LogP contribution in [0, 0.1) is 6.92 Å². The quantitative estimate of drug-likeness (QED) is 0.870. The van der Waals surface area contributed by atoms with Crippen LogP contribution in [0.1, 0.15) is 36.8 Å². The van der Waals surface area contributed by atoms with Crippen LogP contribution < -0.4 is 10.6 Å². The molecule has 0 atom stereocenters. The van der Waals surface area contributed by atoms with Crippen molar-refractivity contribution >= 4 is 33.3 Å². The number of carbonyl (C=O) groups excluding carboxylic acids is 1. The molecule has 22 heavy (non-hydrogen) atoms. The number of amides is 1. The van der Waals surface area contributed by atoms with Crippen molar-refractivity contribution in [3.05, 3.63) is 46.3 Å². The lowest BCUT2D eigenvalue weighted by Crippen LogP contribution is -2.40. The summed E-state index contributed by atoms with van der Waals surface area (Å²) in [5, 5.41) is 6.06. The number of aryl methyl sites for hydroxylation is 1. The molecule has 1 amide bonds. The normalized spacial score (nSPS) is 11.1. The molecule has 0 saturated carbocycles. The molecule has 0 aliphatic heterocycles. The highest BCUT2D eigenvalue weighted by Crippen LogP contribution is 2.26. The van der Waals surface area contributed by atoms with Crippen LogP contribution in [0.5, 0.6) is 0 Å².